The molecule has 2 heterocycles. The molecule has 1 N–H and O–H groups in total. The number of nitrogens with zero attached hydrogens (tertiary/aromatic N) is 2. The molecule has 1 aliphatic carbocycles. The van der Waals surface area contributed by atoms with Gasteiger partial charge in [-0.3, -0.25) is 24.7 Å². The fourth-order valence-electron chi connectivity index (χ4n) is 3.60. The minimum atomic E-state index is -0.941. The van der Waals surface area contributed by atoms with Gasteiger partial charge in [0.2, 0.25) is 11.8 Å². The summed E-state index contributed by atoms with van der Waals surface area (Å²) in [6.07, 6.45) is 4.14. The van der Waals surface area contributed by atoms with Crippen molar-refractivity contribution in [1.29, 1.82) is 0 Å². The predicted molar refractivity (Wildman–Crippen MR) is 71.8 cm³/mol. The minimum Gasteiger partial charge on any atom is -0.299 e. The van der Waals surface area contributed by atoms with Crippen LogP contribution in [0.1, 0.15) is 39.0 Å². The molecule has 2 saturated heterocycles. The number of barbiturate groups is 1. The number of amides is 4. The highest BCUT2D eigenvalue weighted by molar-refractivity contribution is 6.19. The van der Waals surface area contributed by atoms with Gasteiger partial charge in [0.15, 0.2) is 0 Å². The number of rotatable bonds is 3. The third kappa shape index (κ3) is 1.85. The van der Waals surface area contributed by atoms with Gasteiger partial charge in [-0.1, -0.05) is 13.3 Å². The fraction of sp³-hybridized carbons (Fsp3) is 0.786. The summed E-state index contributed by atoms with van der Waals surface area (Å²) < 4.78 is 0. The van der Waals surface area contributed by atoms with Crippen molar-refractivity contribution in [2.45, 2.75) is 45.1 Å². The first-order chi connectivity index (χ1) is 9.58. The summed E-state index contributed by atoms with van der Waals surface area (Å²) in [4.78, 5) is 40.0. The highest BCUT2D eigenvalue weighted by Crippen LogP contribution is 2.44. The monoisotopic (exact) mass is 279 g/mol. The van der Waals surface area contributed by atoms with Crippen LogP contribution in [0.5, 0.6) is 0 Å². The molecule has 0 radical (unpaired) electrons. The topological polar surface area (TPSA) is 69.7 Å². The van der Waals surface area contributed by atoms with E-state index in [2.05, 4.69) is 17.1 Å². The second-order valence-corrected chi connectivity index (χ2v) is 6.04. The van der Waals surface area contributed by atoms with E-state index < -0.39 is 17.4 Å². The zero-order chi connectivity index (χ0) is 14.3. The minimum absolute atomic E-state index is 0.236. The molecule has 1 atom stereocenters. The molecule has 3 fully saturated rings. The third-order valence-electron chi connectivity index (χ3n) is 5.06. The van der Waals surface area contributed by atoms with Gasteiger partial charge in [0.1, 0.15) is 5.41 Å². The molecule has 0 aromatic rings. The number of likely N-dealkylation sites (N-methyl/N-ethyl adjacent to an activating group) is 1. The molecule has 0 aromatic heterocycles. The number of imide groups is 2. The number of hydrogen-bond donors (Lipinski definition) is 1. The molecule has 0 aromatic carbocycles. The molecule has 0 bridgehead atoms. The van der Waals surface area contributed by atoms with Gasteiger partial charge < -0.3 is 0 Å². The lowest BCUT2D eigenvalue weighted by Gasteiger charge is -2.45. The Labute approximate surface area is 118 Å². The lowest BCUT2D eigenvalue weighted by molar-refractivity contribution is -0.158. The number of hydrogen-bond acceptors (Lipinski definition) is 4. The van der Waals surface area contributed by atoms with Gasteiger partial charge in [-0.15, -0.1) is 0 Å². The first-order valence-electron chi connectivity index (χ1n) is 7.50. The van der Waals surface area contributed by atoms with E-state index in [0.717, 1.165) is 32.4 Å². The zero-order valence-electron chi connectivity index (χ0n) is 11.9. The van der Waals surface area contributed by atoms with Gasteiger partial charge in [-0.05, 0) is 38.8 Å². The predicted octanol–water partition coefficient (Wildman–Crippen LogP) is 0.719. The van der Waals surface area contributed by atoms with E-state index in [0.29, 0.717) is 19.4 Å². The Morgan fingerprint density at radius 2 is 2.00 bits per heavy atom. The van der Waals surface area contributed by atoms with E-state index in [4.69, 9.17) is 0 Å². The van der Waals surface area contributed by atoms with E-state index in [1.807, 2.05) is 0 Å². The summed E-state index contributed by atoms with van der Waals surface area (Å²) >= 11 is 0. The molecule has 1 spiro atoms. The van der Waals surface area contributed by atoms with E-state index >= 15 is 0 Å². The van der Waals surface area contributed by atoms with Crippen LogP contribution in [0.4, 0.5) is 4.79 Å². The molecule has 110 valence electrons. The Kier molecular flexibility index (Phi) is 3.28. The number of nitrogens with one attached hydrogen (secondary N) is 1. The molecule has 2 aliphatic heterocycles. The first-order valence-corrected chi connectivity index (χ1v) is 7.50. The SMILES string of the molecule is CCN1CCCC1CN1C(=O)NC(=O)C2(CCC2)C1=O. The average Bonchev–Trinajstić information content (AvgIpc) is 2.79. The summed E-state index contributed by atoms with van der Waals surface area (Å²) in [5.74, 6) is -0.672. The second kappa shape index (κ2) is 4.84. The standard InChI is InChI=1S/C14H21N3O3/c1-2-16-8-3-5-10(16)9-17-12(19)14(6-4-7-14)11(18)15-13(17)20/h10H,2-9H2,1H3,(H,15,18,20). The van der Waals surface area contributed by atoms with E-state index in [-0.39, 0.29) is 11.9 Å². The van der Waals surface area contributed by atoms with Crippen molar-refractivity contribution in [3.8, 4) is 0 Å². The highest BCUT2D eigenvalue weighted by atomic mass is 16.2. The van der Waals surface area contributed by atoms with Crippen LogP contribution >= 0.6 is 0 Å². The van der Waals surface area contributed by atoms with Gasteiger partial charge >= 0.3 is 6.03 Å². The van der Waals surface area contributed by atoms with Gasteiger partial charge in [-0.25, -0.2) is 4.79 Å². The number of carbonyl (C=O) groups excluding carboxylic acids is 3. The third-order valence-corrected chi connectivity index (χ3v) is 5.06. The maximum Gasteiger partial charge on any atom is 0.330 e. The molecule has 1 unspecified atom stereocenters. The molecule has 20 heavy (non-hydrogen) atoms. The normalized spacial score (nSPS) is 29.8. The summed E-state index contributed by atoms with van der Waals surface area (Å²) in [5.41, 5.74) is -0.941. The molecule has 3 aliphatic rings. The van der Waals surface area contributed by atoms with Crippen LogP contribution in [-0.2, 0) is 9.59 Å². The van der Waals surface area contributed by atoms with Crippen LogP contribution in [0, 0.1) is 5.41 Å². The van der Waals surface area contributed by atoms with Gasteiger partial charge in [-0.2, -0.15) is 0 Å². The van der Waals surface area contributed by atoms with Gasteiger partial charge in [0.25, 0.3) is 0 Å². The Morgan fingerprint density at radius 1 is 1.25 bits per heavy atom. The molecular weight excluding hydrogens is 258 g/mol. The van der Waals surface area contributed by atoms with Crippen molar-refractivity contribution in [3.05, 3.63) is 0 Å². The smallest absolute Gasteiger partial charge is 0.299 e. The molecule has 6 heteroatoms. The van der Waals surface area contributed by atoms with E-state index in [9.17, 15) is 14.4 Å². The Morgan fingerprint density at radius 3 is 2.60 bits per heavy atom. The summed E-state index contributed by atoms with van der Waals surface area (Å²) in [6, 6.07) is -0.305. The molecule has 1 saturated carbocycles. The van der Waals surface area contributed by atoms with Crippen LogP contribution in [-0.4, -0.2) is 53.3 Å². The molecule has 6 nitrogen and oxygen atoms in total. The summed E-state index contributed by atoms with van der Waals surface area (Å²) in [5, 5.41) is 2.37. The van der Waals surface area contributed by atoms with Gasteiger partial charge in [0, 0.05) is 12.6 Å². The number of urea groups is 1. The molecule has 3 rings (SSSR count). The Bertz CT molecular complexity index is 459. The van der Waals surface area contributed by atoms with Crippen molar-refractivity contribution in [3.63, 3.8) is 0 Å². The highest BCUT2D eigenvalue weighted by Gasteiger charge is 2.57. The van der Waals surface area contributed by atoms with Crippen LogP contribution in [0.15, 0.2) is 0 Å². The lowest BCUT2D eigenvalue weighted by atomic mass is 9.66. The summed E-state index contributed by atoms with van der Waals surface area (Å²) in [7, 11) is 0. The number of likely N-dealkylation sites (tertiary alicyclic amines) is 1. The van der Waals surface area contributed by atoms with Gasteiger partial charge in [0.05, 0.1) is 0 Å². The fourth-order valence-corrected chi connectivity index (χ4v) is 3.60. The number of carbonyl (C=O) groups is 3. The van der Waals surface area contributed by atoms with E-state index in [1.54, 1.807) is 0 Å². The Hall–Kier alpha value is -1.43. The zero-order valence-corrected chi connectivity index (χ0v) is 11.9. The van der Waals surface area contributed by atoms with Crippen LogP contribution in [0.25, 0.3) is 0 Å². The van der Waals surface area contributed by atoms with Crippen LogP contribution in [0.2, 0.25) is 0 Å². The van der Waals surface area contributed by atoms with Crippen LogP contribution < -0.4 is 5.32 Å². The quantitative estimate of drug-likeness (QED) is 0.773. The molecular formula is C14H21N3O3. The first kappa shape index (κ1) is 13.5. The van der Waals surface area contributed by atoms with Crippen molar-refractivity contribution in [1.82, 2.24) is 15.1 Å². The van der Waals surface area contributed by atoms with Crippen LogP contribution in [0.3, 0.4) is 0 Å². The maximum atomic E-state index is 12.6. The average molecular weight is 279 g/mol. The van der Waals surface area contributed by atoms with Crippen molar-refractivity contribution < 1.29 is 14.4 Å². The molecule has 4 amide bonds. The maximum absolute atomic E-state index is 12.6. The lowest BCUT2D eigenvalue weighted by Crippen LogP contribution is -2.67. The van der Waals surface area contributed by atoms with Crippen molar-refractivity contribution in [2.75, 3.05) is 19.6 Å². The Balaban J connectivity index is 1.76. The van der Waals surface area contributed by atoms with E-state index in [1.165, 1.54) is 4.90 Å². The largest absolute Gasteiger partial charge is 0.330 e. The second-order valence-electron chi connectivity index (χ2n) is 6.04. The van der Waals surface area contributed by atoms with Crippen molar-refractivity contribution in [2.24, 2.45) is 5.41 Å². The summed E-state index contributed by atoms with van der Waals surface area (Å²) in [6.45, 7) is 4.45. The van der Waals surface area contributed by atoms with Crippen molar-refractivity contribution >= 4 is 17.8 Å².